The van der Waals surface area contributed by atoms with E-state index in [0.29, 0.717) is 6.54 Å². The zero-order valence-electron chi connectivity index (χ0n) is 11.7. The second-order valence-electron chi connectivity index (χ2n) is 5.37. The highest BCUT2D eigenvalue weighted by Gasteiger charge is 2.29. The van der Waals surface area contributed by atoms with Crippen molar-refractivity contribution in [1.82, 2.24) is 4.90 Å². The number of hydrogen-bond donors (Lipinski definition) is 1. The van der Waals surface area contributed by atoms with Crippen molar-refractivity contribution in [3.05, 3.63) is 35.2 Å². The molecule has 2 heterocycles. The van der Waals surface area contributed by atoms with Crippen LogP contribution in [0.25, 0.3) is 10.1 Å². The predicted molar refractivity (Wildman–Crippen MR) is 83.7 cm³/mol. The summed E-state index contributed by atoms with van der Waals surface area (Å²) >= 11 is 1.64. The predicted octanol–water partition coefficient (Wildman–Crippen LogP) is 2.81. The van der Waals surface area contributed by atoms with Crippen molar-refractivity contribution in [2.45, 2.75) is 31.3 Å². The molecule has 1 unspecified atom stereocenters. The number of benzene rings is 1. The van der Waals surface area contributed by atoms with Gasteiger partial charge in [-0.05, 0) is 30.4 Å². The van der Waals surface area contributed by atoms with Gasteiger partial charge in [-0.2, -0.15) is 5.26 Å². The number of carbonyl (C=O) groups excluding carboxylic acids is 1. The normalized spacial score (nSPS) is 19.6. The second-order valence-corrected chi connectivity index (χ2v) is 6.49. The third-order valence-electron chi connectivity index (χ3n) is 3.93. The molecule has 1 aromatic carbocycles. The third kappa shape index (κ3) is 2.78. The molecule has 0 bridgehead atoms. The third-order valence-corrected chi connectivity index (χ3v) is 5.17. The van der Waals surface area contributed by atoms with E-state index in [1.807, 2.05) is 12.1 Å². The van der Waals surface area contributed by atoms with Crippen molar-refractivity contribution in [1.29, 1.82) is 5.26 Å². The van der Waals surface area contributed by atoms with Gasteiger partial charge in [-0.3, -0.25) is 4.79 Å². The van der Waals surface area contributed by atoms with Gasteiger partial charge in [0.05, 0.1) is 6.07 Å². The Kier molecular flexibility index (Phi) is 3.91. The van der Waals surface area contributed by atoms with Gasteiger partial charge in [0.15, 0.2) is 0 Å². The van der Waals surface area contributed by atoms with Crippen LogP contribution < -0.4 is 5.73 Å². The molecule has 0 aliphatic carbocycles. The minimum atomic E-state index is -0.296. The van der Waals surface area contributed by atoms with Crippen LogP contribution in [-0.2, 0) is 4.79 Å². The van der Waals surface area contributed by atoms with Gasteiger partial charge in [-0.15, -0.1) is 11.3 Å². The molecular formula is C16H17N3OS. The van der Waals surface area contributed by atoms with Gasteiger partial charge in [-0.25, -0.2) is 0 Å². The average molecular weight is 299 g/mol. The van der Waals surface area contributed by atoms with Gasteiger partial charge in [0, 0.05) is 28.6 Å². The van der Waals surface area contributed by atoms with E-state index in [1.54, 1.807) is 16.2 Å². The van der Waals surface area contributed by atoms with Gasteiger partial charge in [0.25, 0.3) is 0 Å². The van der Waals surface area contributed by atoms with Gasteiger partial charge in [0.2, 0.25) is 5.91 Å². The molecule has 5 heteroatoms. The van der Waals surface area contributed by atoms with E-state index in [9.17, 15) is 4.79 Å². The van der Waals surface area contributed by atoms with Crippen LogP contribution in [0.2, 0.25) is 0 Å². The lowest BCUT2D eigenvalue weighted by molar-refractivity contribution is -0.131. The molecule has 108 valence electrons. The van der Waals surface area contributed by atoms with E-state index in [4.69, 9.17) is 11.0 Å². The quantitative estimate of drug-likeness (QED) is 0.947. The first kappa shape index (κ1) is 14.1. The molecule has 4 nitrogen and oxygen atoms in total. The van der Waals surface area contributed by atoms with Crippen LogP contribution in [0.3, 0.4) is 0 Å². The summed E-state index contributed by atoms with van der Waals surface area (Å²) in [7, 11) is 0. The molecule has 1 aliphatic heterocycles. The van der Waals surface area contributed by atoms with Gasteiger partial charge in [0.1, 0.15) is 6.04 Å². The standard InChI is InChI=1S/C16H17N3OS/c17-10-12-5-3-7-19(12)16(20)9-13(18)15-8-11-4-1-2-6-14(11)21-15/h1-2,4,6,8,12-13H,3,5,7,9,18H2/t12-,13?/m0/s1. The number of nitriles is 1. The summed E-state index contributed by atoms with van der Waals surface area (Å²) in [4.78, 5) is 15.0. The smallest absolute Gasteiger partial charge is 0.225 e. The molecule has 0 saturated carbocycles. The summed E-state index contributed by atoms with van der Waals surface area (Å²) in [5.41, 5.74) is 6.19. The second kappa shape index (κ2) is 5.84. The lowest BCUT2D eigenvalue weighted by Gasteiger charge is -2.21. The average Bonchev–Trinajstić information content (AvgIpc) is 3.13. The molecule has 1 amide bonds. The van der Waals surface area contributed by atoms with Gasteiger partial charge in [-0.1, -0.05) is 18.2 Å². The Hall–Kier alpha value is -1.90. The molecule has 3 rings (SSSR count). The molecule has 0 spiro atoms. The summed E-state index contributed by atoms with van der Waals surface area (Å²) < 4.78 is 1.19. The number of nitrogens with zero attached hydrogens (tertiary/aromatic N) is 2. The van der Waals surface area contributed by atoms with E-state index in [2.05, 4.69) is 24.3 Å². The van der Waals surface area contributed by atoms with Crippen LogP contribution in [0, 0.1) is 11.3 Å². The Morgan fingerprint density at radius 2 is 2.33 bits per heavy atom. The first-order chi connectivity index (χ1) is 10.2. The van der Waals surface area contributed by atoms with Crippen molar-refractivity contribution in [2.24, 2.45) is 5.73 Å². The highest BCUT2D eigenvalue weighted by atomic mass is 32.1. The van der Waals surface area contributed by atoms with Crippen LogP contribution in [0.4, 0.5) is 0 Å². The summed E-state index contributed by atoms with van der Waals surface area (Å²) in [5.74, 6) is -0.0102. The fraction of sp³-hybridized carbons (Fsp3) is 0.375. The highest BCUT2D eigenvalue weighted by Crippen LogP contribution is 2.31. The van der Waals surface area contributed by atoms with Crippen LogP contribution in [-0.4, -0.2) is 23.4 Å². The SMILES string of the molecule is N#C[C@@H]1CCCN1C(=O)CC(N)c1cc2ccccc2s1. The van der Waals surface area contributed by atoms with E-state index in [-0.39, 0.29) is 24.4 Å². The zero-order valence-corrected chi connectivity index (χ0v) is 12.5. The van der Waals surface area contributed by atoms with Crippen molar-refractivity contribution < 1.29 is 4.79 Å². The molecule has 2 N–H and O–H groups in total. The largest absolute Gasteiger partial charge is 0.327 e. The number of hydrogen-bond acceptors (Lipinski definition) is 4. The number of fused-ring (bicyclic) bond motifs is 1. The molecule has 0 radical (unpaired) electrons. The molecule has 2 atom stereocenters. The molecule has 1 aliphatic rings. The molecule has 1 saturated heterocycles. The maximum absolute atomic E-state index is 12.3. The molecular weight excluding hydrogens is 282 g/mol. The number of nitrogens with two attached hydrogens (primary N) is 1. The Balaban J connectivity index is 1.72. The van der Waals surface area contributed by atoms with Crippen molar-refractivity contribution in [3.8, 4) is 6.07 Å². The first-order valence-electron chi connectivity index (χ1n) is 7.12. The Morgan fingerprint density at radius 3 is 3.10 bits per heavy atom. The molecule has 1 aromatic heterocycles. The van der Waals surface area contributed by atoms with E-state index < -0.39 is 0 Å². The fourth-order valence-electron chi connectivity index (χ4n) is 2.79. The topological polar surface area (TPSA) is 70.1 Å². The van der Waals surface area contributed by atoms with Crippen LogP contribution in [0.1, 0.15) is 30.2 Å². The number of thiophene rings is 1. The molecule has 2 aromatic rings. The fourth-order valence-corrected chi connectivity index (χ4v) is 3.86. The van der Waals surface area contributed by atoms with Crippen molar-refractivity contribution >= 4 is 27.3 Å². The number of rotatable bonds is 3. The zero-order chi connectivity index (χ0) is 14.8. The summed E-state index contributed by atoms with van der Waals surface area (Å²) in [6.45, 7) is 0.677. The Morgan fingerprint density at radius 1 is 1.52 bits per heavy atom. The lowest BCUT2D eigenvalue weighted by atomic mass is 10.1. The highest BCUT2D eigenvalue weighted by molar-refractivity contribution is 7.19. The van der Waals surface area contributed by atoms with E-state index >= 15 is 0 Å². The maximum Gasteiger partial charge on any atom is 0.225 e. The van der Waals surface area contributed by atoms with Crippen LogP contribution >= 0.6 is 11.3 Å². The summed E-state index contributed by atoms with van der Waals surface area (Å²) in [5, 5.41) is 10.2. The lowest BCUT2D eigenvalue weighted by Crippen LogP contribution is -2.36. The Bertz CT molecular complexity index is 670. The monoisotopic (exact) mass is 299 g/mol. The number of amides is 1. The summed E-state index contributed by atoms with van der Waals surface area (Å²) in [6.07, 6.45) is 1.95. The van der Waals surface area contributed by atoms with E-state index in [0.717, 1.165) is 23.1 Å². The van der Waals surface area contributed by atoms with Gasteiger partial charge >= 0.3 is 0 Å². The number of likely N-dealkylation sites (tertiary alicyclic amines) is 1. The van der Waals surface area contributed by atoms with Crippen molar-refractivity contribution in [3.63, 3.8) is 0 Å². The molecule has 1 fully saturated rings. The van der Waals surface area contributed by atoms with Crippen LogP contribution in [0.15, 0.2) is 30.3 Å². The van der Waals surface area contributed by atoms with Crippen LogP contribution in [0.5, 0.6) is 0 Å². The minimum absolute atomic E-state index is 0.0102. The number of carbonyl (C=O) groups is 1. The first-order valence-corrected chi connectivity index (χ1v) is 7.94. The Labute approximate surface area is 127 Å². The minimum Gasteiger partial charge on any atom is -0.327 e. The molecule has 21 heavy (non-hydrogen) atoms. The summed E-state index contributed by atoms with van der Waals surface area (Å²) in [6, 6.07) is 11.8. The van der Waals surface area contributed by atoms with E-state index in [1.165, 1.54) is 4.70 Å². The van der Waals surface area contributed by atoms with Crippen molar-refractivity contribution in [2.75, 3.05) is 6.54 Å². The van der Waals surface area contributed by atoms with Gasteiger partial charge < -0.3 is 10.6 Å². The maximum atomic E-state index is 12.3.